The molecule has 0 fully saturated rings. The normalized spacial score (nSPS) is 11.5. The first-order valence-corrected chi connectivity index (χ1v) is 16.1. The van der Waals surface area contributed by atoms with Gasteiger partial charge in [0.1, 0.15) is 11.5 Å². The highest BCUT2D eigenvalue weighted by Gasteiger charge is 2.22. The summed E-state index contributed by atoms with van der Waals surface area (Å²) in [6.07, 6.45) is 0. The van der Waals surface area contributed by atoms with E-state index in [0.717, 1.165) is 44.9 Å². The van der Waals surface area contributed by atoms with Crippen LogP contribution in [0.2, 0.25) is 0 Å². The van der Waals surface area contributed by atoms with Gasteiger partial charge in [0, 0.05) is 33.5 Å². The van der Waals surface area contributed by atoms with Crippen molar-refractivity contribution < 1.29 is 10.2 Å². The van der Waals surface area contributed by atoms with Crippen molar-refractivity contribution >= 4 is 77.2 Å². The predicted molar refractivity (Wildman–Crippen MR) is 200 cm³/mol. The number of anilines is 6. The average molecular weight is 619 g/mol. The monoisotopic (exact) mass is 618 g/mol. The van der Waals surface area contributed by atoms with Gasteiger partial charge in [0.15, 0.2) is 0 Å². The fraction of sp³-hybridized carbons (Fsp3) is 0. The van der Waals surface area contributed by atoms with Gasteiger partial charge in [0.2, 0.25) is 0 Å². The van der Waals surface area contributed by atoms with E-state index in [4.69, 9.17) is 0 Å². The van der Waals surface area contributed by atoms with Crippen LogP contribution in [0.3, 0.4) is 0 Å². The van der Waals surface area contributed by atoms with E-state index >= 15 is 0 Å². The number of rotatable bonds is 6. The van der Waals surface area contributed by atoms with Crippen LogP contribution in [-0.4, -0.2) is 10.2 Å². The molecule has 2 N–H and O–H groups in total. The lowest BCUT2D eigenvalue weighted by atomic mass is 9.88. The second kappa shape index (κ2) is 11.1. The minimum atomic E-state index is 0.240. The molecule has 0 aliphatic carbocycles. The molecule has 0 saturated heterocycles. The van der Waals surface area contributed by atoms with E-state index in [1.165, 1.54) is 32.3 Å². The Bertz CT molecular complexity index is 2360. The molecule has 0 bridgehead atoms. The van der Waals surface area contributed by atoms with Crippen molar-refractivity contribution in [3.8, 4) is 11.5 Å². The van der Waals surface area contributed by atoms with Crippen LogP contribution in [0.4, 0.5) is 34.1 Å². The molecular formula is C44H30N2O2. The van der Waals surface area contributed by atoms with E-state index in [0.29, 0.717) is 0 Å². The third-order valence-electron chi connectivity index (χ3n) is 9.34. The van der Waals surface area contributed by atoms with E-state index in [1.54, 1.807) is 24.3 Å². The van der Waals surface area contributed by atoms with Crippen molar-refractivity contribution in [1.82, 2.24) is 0 Å². The van der Waals surface area contributed by atoms with Crippen LogP contribution in [0.25, 0.3) is 43.1 Å². The van der Waals surface area contributed by atoms with Gasteiger partial charge in [0.25, 0.3) is 0 Å². The highest BCUT2D eigenvalue weighted by molar-refractivity contribution is 6.35. The number of nitrogens with zero attached hydrogens (tertiary/aromatic N) is 2. The molecule has 0 saturated carbocycles. The Morgan fingerprint density at radius 3 is 1.00 bits per heavy atom. The van der Waals surface area contributed by atoms with Crippen molar-refractivity contribution in [3.05, 3.63) is 170 Å². The lowest BCUT2D eigenvalue weighted by Crippen LogP contribution is -2.11. The van der Waals surface area contributed by atoms with Crippen LogP contribution >= 0.6 is 0 Å². The molecule has 9 aromatic rings. The second-order valence-electron chi connectivity index (χ2n) is 12.1. The van der Waals surface area contributed by atoms with Gasteiger partial charge >= 0.3 is 0 Å². The summed E-state index contributed by atoms with van der Waals surface area (Å²) in [6.45, 7) is 0. The Kier molecular flexibility index (Phi) is 6.41. The van der Waals surface area contributed by atoms with Gasteiger partial charge in [-0.2, -0.15) is 0 Å². The molecule has 0 heterocycles. The van der Waals surface area contributed by atoms with Crippen LogP contribution in [0.5, 0.6) is 11.5 Å². The molecule has 0 radical (unpaired) electrons. The van der Waals surface area contributed by atoms with E-state index in [2.05, 4.69) is 119 Å². The Labute approximate surface area is 277 Å². The molecule has 0 amide bonds. The SMILES string of the molecule is Oc1ccc(N(c2ccccc2)c2ccc3c4ccc(N(c5ccccc5)c5ccc(O)cc5)c5cccc(c6cccc2c63)c54)cc1. The third kappa shape index (κ3) is 4.38. The molecule has 0 aliphatic rings. The molecule has 4 heteroatoms. The maximum absolute atomic E-state index is 10.1. The van der Waals surface area contributed by atoms with E-state index < -0.39 is 0 Å². The minimum Gasteiger partial charge on any atom is -0.508 e. The van der Waals surface area contributed by atoms with Crippen molar-refractivity contribution in [2.24, 2.45) is 0 Å². The maximum Gasteiger partial charge on any atom is 0.115 e. The number of phenols is 2. The number of phenolic OH excluding ortho intramolecular Hbond substituents is 2. The number of fused-ring (bicyclic) bond motifs is 2. The predicted octanol–water partition coefficient (Wildman–Crippen LogP) is 12.1. The van der Waals surface area contributed by atoms with Gasteiger partial charge in [-0.25, -0.2) is 0 Å². The first kappa shape index (κ1) is 27.8. The van der Waals surface area contributed by atoms with Gasteiger partial charge in [-0.15, -0.1) is 0 Å². The van der Waals surface area contributed by atoms with Gasteiger partial charge in [0.05, 0.1) is 11.4 Å². The second-order valence-corrected chi connectivity index (χ2v) is 12.1. The lowest BCUT2D eigenvalue weighted by molar-refractivity contribution is 0.475. The number of aromatic hydroxyl groups is 2. The van der Waals surface area contributed by atoms with Crippen molar-refractivity contribution in [2.75, 3.05) is 9.80 Å². The number of para-hydroxylation sites is 2. The summed E-state index contributed by atoms with van der Waals surface area (Å²) >= 11 is 0. The van der Waals surface area contributed by atoms with Gasteiger partial charge in [-0.3, -0.25) is 0 Å². The summed E-state index contributed by atoms with van der Waals surface area (Å²) < 4.78 is 0. The van der Waals surface area contributed by atoms with Crippen molar-refractivity contribution in [1.29, 1.82) is 0 Å². The molecule has 0 unspecified atom stereocenters. The lowest BCUT2D eigenvalue weighted by Gasteiger charge is -2.29. The minimum absolute atomic E-state index is 0.240. The molecular weight excluding hydrogens is 588 g/mol. The largest absolute Gasteiger partial charge is 0.508 e. The topological polar surface area (TPSA) is 46.9 Å². The molecule has 0 aliphatic heterocycles. The zero-order valence-electron chi connectivity index (χ0n) is 26.0. The number of benzene rings is 9. The van der Waals surface area contributed by atoms with E-state index in [1.807, 2.05) is 36.4 Å². The van der Waals surface area contributed by atoms with Crippen LogP contribution in [-0.2, 0) is 0 Å². The smallest absolute Gasteiger partial charge is 0.115 e. The highest BCUT2D eigenvalue weighted by atomic mass is 16.3. The van der Waals surface area contributed by atoms with Gasteiger partial charge in [-0.05, 0) is 117 Å². The van der Waals surface area contributed by atoms with Gasteiger partial charge < -0.3 is 20.0 Å². The average Bonchev–Trinajstić information content (AvgIpc) is 3.14. The zero-order chi connectivity index (χ0) is 32.2. The van der Waals surface area contributed by atoms with Crippen LogP contribution in [0.1, 0.15) is 0 Å². The molecule has 228 valence electrons. The fourth-order valence-corrected chi connectivity index (χ4v) is 7.28. The van der Waals surface area contributed by atoms with Crippen LogP contribution in [0.15, 0.2) is 170 Å². The molecule has 4 nitrogen and oxygen atoms in total. The summed E-state index contributed by atoms with van der Waals surface area (Å²) in [6, 6.07) is 57.7. The molecule has 0 aromatic heterocycles. The summed E-state index contributed by atoms with van der Waals surface area (Å²) in [7, 11) is 0. The molecule has 9 aromatic carbocycles. The number of hydrogen-bond donors (Lipinski definition) is 2. The maximum atomic E-state index is 10.1. The van der Waals surface area contributed by atoms with E-state index in [-0.39, 0.29) is 11.5 Å². The first-order chi connectivity index (χ1) is 23.7. The van der Waals surface area contributed by atoms with Crippen LogP contribution < -0.4 is 9.80 Å². The summed E-state index contributed by atoms with van der Waals surface area (Å²) in [5.74, 6) is 0.480. The fourth-order valence-electron chi connectivity index (χ4n) is 7.28. The molecule has 9 rings (SSSR count). The Morgan fingerprint density at radius 1 is 0.271 bits per heavy atom. The van der Waals surface area contributed by atoms with Crippen molar-refractivity contribution in [2.45, 2.75) is 0 Å². The Balaban J connectivity index is 1.32. The van der Waals surface area contributed by atoms with Crippen molar-refractivity contribution in [3.63, 3.8) is 0 Å². The quantitative estimate of drug-likeness (QED) is 0.144. The zero-order valence-corrected chi connectivity index (χ0v) is 26.0. The summed E-state index contributed by atoms with van der Waals surface area (Å²) in [5, 5.41) is 29.8. The standard InChI is InChI=1S/C44H30N2O2/c47-33-21-17-31(18-22-33)45(29-9-3-1-4-10-29)41-27-25-37-38-26-28-42(46(30-11-5-2-6-12-30)32-19-23-34(48)24-20-32)40-16-8-14-36(44(38)40)35-13-7-15-39(41)43(35)37/h1-28,47-48H. The Hall–Kier alpha value is -6.52. The van der Waals surface area contributed by atoms with E-state index in [9.17, 15) is 10.2 Å². The molecule has 0 atom stereocenters. The van der Waals surface area contributed by atoms with Crippen LogP contribution in [0, 0.1) is 0 Å². The summed E-state index contributed by atoms with van der Waals surface area (Å²) in [4.78, 5) is 4.52. The third-order valence-corrected chi connectivity index (χ3v) is 9.34. The highest BCUT2D eigenvalue weighted by Crippen LogP contribution is 2.48. The number of hydrogen-bond acceptors (Lipinski definition) is 4. The molecule has 48 heavy (non-hydrogen) atoms. The first-order valence-electron chi connectivity index (χ1n) is 16.1. The Morgan fingerprint density at radius 2 is 0.604 bits per heavy atom. The summed E-state index contributed by atoms with van der Waals surface area (Å²) in [5.41, 5.74) is 6.17. The molecule has 0 spiro atoms. The van der Waals surface area contributed by atoms with Gasteiger partial charge in [-0.1, -0.05) is 84.9 Å².